The van der Waals surface area contributed by atoms with Gasteiger partial charge < -0.3 is 19.0 Å². The Hall–Kier alpha value is -3.11. The molecule has 190 valence electrons. The smallest absolute Gasteiger partial charge is 0.339 e. The molecule has 0 spiro atoms. The maximum Gasteiger partial charge on any atom is 0.339 e. The molecule has 1 aliphatic heterocycles. The fourth-order valence-electron chi connectivity index (χ4n) is 2.95. The van der Waals surface area contributed by atoms with Gasteiger partial charge in [-0.05, 0) is 82.4 Å². The molecule has 11 nitrogen and oxygen atoms in total. The summed E-state index contributed by atoms with van der Waals surface area (Å²) in [7, 11) is -1.78. The quantitative estimate of drug-likeness (QED) is 0.196. The van der Waals surface area contributed by atoms with E-state index in [2.05, 4.69) is 10.1 Å². The topological polar surface area (TPSA) is 145 Å². The van der Waals surface area contributed by atoms with Crippen molar-refractivity contribution in [2.75, 3.05) is 26.1 Å². The maximum atomic E-state index is 12.8. The van der Waals surface area contributed by atoms with Crippen molar-refractivity contribution in [3.8, 4) is 11.5 Å². The molecule has 1 fully saturated rings. The van der Waals surface area contributed by atoms with Crippen molar-refractivity contribution in [2.45, 2.75) is 11.8 Å². The van der Waals surface area contributed by atoms with E-state index < -0.39 is 33.8 Å². The molecular weight excluding hydrogens is 627 g/mol. The van der Waals surface area contributed by atoms with Gasteiger partial charge in [0.25, 0.3) is 11.1 Å². The zero-order valence-electron chi connectivity index (χ0n) is 19.1. The molecule has 1 heterocycles. The number of hydrogen-bond donors (Lipinski definition) is 1. The number of carbonyl (C=O) groups is 4. The summed E-state index contributed by atoms with van der Waals surface area (Å²) in [6.45, 7) is 0.828. The number of rotatable bonds is 8. The molecule has 0 unspecified atom stereocenters. The predicted octanol–water partition coefficient (Wildman–Crippen LogP) is 3.24. The Labute approximate surface area is 224 Å². The third-order valence-corrected chi connectivity index (χ3v) is 7.54. The summed E-state index contributed by atoms with van der Waals surface area (Å²) in [5.41, 5.74) is 0.859. The molecular formula is C22H19IN2O9S2. The third kappa shape index (κ3) is 6.36. The van der Waals surface area contributed by atoms with Crippen LogP contribution in [-0.4, -0.2) is 57.1 Å². The highest BCUT2D eigenvalue weighted by molar-refractivity contribution is 14.1. The zero-order valence-corrected chi connectivity index (χ0v) is 22.9. The average Bonchev–Trinajstić information content (AvgIpc) is 3.07. The molecule has 3 amide bonds. The molecule has 0 radical (unpaired) electrons. The number of ether oxygens (including phenoxy) is 2. The lowest BCUT2D eigenvalue weighted by molar-refractivity contribution is -0.143. The second-order valence-electron chi connectivity index (χ2n) is 7.12. The number of anilines is 1. The Morgan fingerprint density at radius 3 is 2.39 bits per heavy atom. The number of benzene rings is 2. The molecule has 0 bridgehead atoms. The van der Waals surface area contributed by atoms with Crippen molar-refractivity contribution in [3.63, 3.8) is 0 Å². The van der Waals surface area contributed by atoms with Crippen LogP contribution in [0, 0.1) is 3.57 Å². The van der Waals surface area contributed by atoms with Crippen LogP contribution in [0.15, 0.2) is 46.2 Å². The molecule has 2 aromatic rings. The molecule has 0 aromatic heterocycles. The highest BCUT2D eigenvalue weighted by Crippen LogP contribution is 2.38. The van der Waals surface area contributed by atoms with E-state index in [0.717, 1.165) is 12.0 Å². The van der Waals surface area contributed by atoms with Gasteiger partial charge in [0, 0.05) is 12.6 Å². The van der Waals surface area contributed by atoms with Gasteiger partial charge in [0.1, 0.15) is 11.4 Å². The van der Waals surface area contributed by atoms with Crippen LogP contribution in [0.2, 0.25) is 0 Å². The molecule has 0 aliphatic carbocycles. The lowest BCUT2D eigenvalue weighted by Crippen LogP contribution is -2.34. The Balaban J connectivity index is 1.87. The predicted molar refractivity (Wildman–Crippen MR) is 139 cm³/mol. The van der Waals surface area contributed by atoms with Gasteiger partial charge in [-0.15, -0.1) is 0 Å². The van der Waals surface area contributed by atoms with E-state index in [0.29, 0.717) is 26.6 Å². The number of carbonyl (C=O) groups excluding carboxylic acids is 4. The fourth-order valence-corrected chi connectivity index (χ4v) is 5.63. The molecule has 0 atom stereocenters. The number of esters is 1. The minimum atomic E-state index is -4.25. The normalized spacial score (nSPS) is 14.7. The number of amides is 3. The summed E-state index contributed by atoms with van der Waals surface area (Å²) >= 11 is 2.52. The van der Waals surface area contributed by atoms with Gasteiger partial charge >= 0.3 is 16.1 Å². The summed E-state index contributed by atoms with van der Waals surface area (Å²) < 4.78 is 41.2. The first kappa shape index (κ1) is 27.5. The van der Waals surface area contributed by atoms with Gasteiger partial charge in [-0.2, -0.15) is 8.42 Å². The van der Waals surface area contributed by atoms with Crippen molar-refractivity contribution in [1.29, 1.82) is 0 Å². The number of halogens is 1. The van der Waals surface area contributed by atoms with E-state index in [1.54, 1.807) is 6.07 Å². The fraction of sp³-hybridized carbons (Fsp3) is 0.182. The zero-order chi connectivity index (χ0) is 26.6. The van der Waals surface area contributed by atoms with Crippen molar-refractivity contribution < 1.29 is 41.3 Å². The van der Waals surface area contributed by atoms with E-state index >= 15 is 0 Å². The van der Waals surface area contributed by atoms with Crippen LogP contribution in [0.3, 0.4) is 0 Å². The van der Waals surface area contributed by atoms with Gasteiger partial charge in [0.05, 0.1) is 22.7 Å². The first-order valence-electron chi connectivity index (χ1n) is 9.97. The summed E-state index contributed by atoms with van der Waals surface area (Å²) in [5.74, 6) is -1.69. The van der Waals surface area contributed by atoms with Crippen molar-refractivity contribution in [2.24, 2.45) is 0 Å². The van der Waals surface area contributed by atoms with E-state index in [1.165, 1.54) is 50.4 Å². The molecule has 1 N–H and O–H groups in total. The van der Waals surface area contributed by atoms with Crippen LogP contribution in [0.25, 0.3) is 6.08 Å². The first-order valence-corrected chi connectivity index (χ1v) is 13.3. The van der Waals surface area contributed by atoms with Gasteiger partial charge in [0.2, 0.25) is 5.91 Å². The average molecular weight is 646 g/mol. The van der Waals surface area contributed by atoms with E-state index in [1.807, 2.05) is 22.6 Å². The second kappa shape index (κ2) is 11.3. The molecule has 1 saturated heterocycles. The van der Waals surface area contributed by atoms with E-state index in [4.69, 9.17) is 8.92 Å². The summed E-state index contributed by atoms with van der Waals surface area (Å²) in [6, 6.07) is 8.42. The first-order chi connectivity index (χ1) is 16.9. The van der Waals surface area contributed by atoms with Crippen LogP contribution >= 0.6 is 34.4 Å². The molecule has 2 aromatic carbocycles. The molecule has 36 heavy (non-hydrogen) atoms. The SMILES string of the molecule is COC(=O)CN1C(=O)S/C(=C\c2cc(I)c(OS(=O)(=O)c3ccc(NC(C)=O)cc3)c(OC)c2)C1=O. The van der Waals surface area contributed by atoms with Crippen LogP contribution in [0.1, 0.15) is 12.5 Å². The monoisotopic (exact) mass is 646 g/mol. The maximum absolute atomic E-state index is 12.8. The molecule has 1 aliphatic rings. The summed E-state index contributed by atoms with van der Waals surface area (Å²) in [4.78, 5) is 48.0. The van der Waals surface area contributed by atoms with Crippen molar-refractivity contribution in [1.82, 2.24) is 4.90 Å². The largest absolute Gasteiger partial charge is 0.493 e. The number of imide groups is 1. The molecule has 14 heteroatoms. The van der Waals surface area contributed by atoms with Crippen LogP contribution < -0.4 is 14.2 Å². The van der Waals surface area contributed by atoms with Gasteiger partial charge in [-0.25, -0.2) is 0 Å². The molecule has 3 rings (SSSR count). The number of nitrogens with one attached hydrogen (secondary N) is 1. The summed E-state index contributed by atoms with van der Waals surface area (Å²) in [6.07, 6.45) is 1.42. The number of hydrogen-bond acceptors (Lipinski definition) is 10. The van der Waals surface area contributed by atoms with Crippen molar-refractivity contribution in [3.05, 3.63) is 50.4 Å². The Bertz CT molecular complexity index is 1370. The van der Waals surface area contributed by atoms with Crippen LogP contribution in [0.5, 0.6) is 11.5 Å². The van der Waals surface area contributed by atoms with Gasteiger partial charge in [0.15, 0.2) is 11.5 Å². The minimum absolute atomic E-state index is 0.0695. The number of methoxy groups -OCH3 is 2. The Morgan fingerprint density at radius 1 is 1.14 bits per heavy atom. The van der Waals surface area contributed by atoms with E-state index in [9.17, 15) is 27.6 Å². The third-order valence-electron chi connectivity index (χ3n) is 4.59. The standard InChI is InChI=1S/C22H19IN2O9S2/c1-12(26)24-14-4-6-15(7-5-14)36(30,31)34-20-16(23)8-13(9-17(20)32-2)10-18-21(28)25(22(29)35-18)11-19(27)33-3/h4-10H,11H2,1-3H3,(H,24,26)/b18-10-. The highest BCUT2D eigenvalue weighted by Gasteiger charge is 2.36. The Kier molecular flexibility index (Phi) is 8.63. The minimum Gasteiger partial charge on any atom is -0.493 e. The van der Waals surface area contributed by atoms with Gasteiger partial charge in [-0.1, -0.05) is 0 Å². The lowest BCUT2D eigenvalue weighted by atomic mass is 10.2. The van der Waals surface area contributed by atoms with Gasteiger partial charge in [-0.3, -0.25) is 24.1 Å². The number of nitrogens with zero attached hydrogens (tertiary/aromatic N) is 1. The highest BCUT2D eigenvalue weighted by atomic mass is 127. The lowest BCUT2D eigenvalue weighted by Gasteiger charge is -2.14. The summed E-state index contributed by atoms with van der Waals surface area (Å²) in [5, 5.41) is 1.93. The van der Waals surface area contributed by atoms with Crippen LogP contribution in [0.4, 0.5) is 10.5 Å². The number of thioether (sulfide) groups is 1. The van der Waals surface area contributed by atoms with Crippen LogP contribution in [-0.2, 0) is 29.2 Å². The van der Waals surface area contributed by atoms with Crippen molar-refractivity contribution >= 4 is 79.3 Å². The second-order valence-corrected chi connectivity index (χ2v) is 10.8. The molecule has 0 saturated carbocycles. The van der Waals surface area contributed by atoms with E-state index in [-0.39, 0.29) is 27.2 Å². The Morgan fingerprint density at radius 2 is 1.81 bits per heavy atom.